The molecule has 10 heteroatoms. The number of carbonyl (C=O) groups is 4. The smallest absolute Gasteiger partial charge is 0.317 e. The van der Waals surface area contributed by atoms with Gasteiger partial charge in [-0.05, 0) is 26.8 Å². The zero-order valence-corrected chi connectivity index (χ0v) is 20.6. The van der Waals surface area contributed by atoms with Gasteiger partial charge in [0.1, 0.15) is 5.78 Å². The molecule has 0 amide bonds. The van der Waals surface area contributed by atoms with Crippen LogP contribution in [0, 0.1) is 0 Å². The van der Waals surface area contributed by atoms with Crippen molar-refractivity contribution in [2.24, 2.45) is 0 Å². The third-order valence-corrected chi connectivity index (χ3v) is 5.09. The number of aliphatic carboxylic acids is 3. The number of carboxylic acids is 3. The minimum absolute atomic E-state index is 0.0776. The third kappa shape index (κ3) is 13.4. The van der Waals surface area contributed by atoms with Crippen molar-refractivity contribution in [3.8, 4) is 0 Å². The molecule has 0 aromatic carbocycles. The predicted molar refractivity (Wildman–Crippen MR) is 123 cm³/mol. The van der Waals surface area contributed by atoms with Crippen LogP contribution in [-0.4, -0.2) is 112 Å². The van der Waals surface area contributed by atoms with Gasteiger partial charge in [-0.25, -0.2) is 0 Å². The summed E-state index contributed by atoms with van der Waals surface area (Å²) in [5.41, 5.74) is -0.726. The third-order valence-electron chi connectivity index (χ3n) is 5.09. The van der Waals surface area contributed by atoms with E-state index in [9.17, 15) is 34.5 Å². The van der Waals surface area contributed by atoms with E-state index in [-0.39, 0.29) is 25.4 Å². The van der Waals surface area contributed by atoms with E-state index >= 15 is 0 Å². The first-order chi connectivity index (χ1) is 15.0. The molecule has 1 aliphatic heterocycles. The van der Waals surface area contributed by atoms with Gasteiger partial charge in [-0.1, -0.05) is 34.1 Å². The monoisotopic (exact) mass is 461 g/mol. The number of Topliss-reactive ketones (excluding diaryl/α,β-unsaturated/α-hetero) is 1. The first-order valence-corrected chi connectivity index (χ1v) is 11.3. The van der Waals surface area contributed by atoms with Crippen molar-refractivity contribution in [3.63, 3.8) is 0 Å². The van der Waals surface area contributed by atoms with E-state index in [0.717, 1.165) is 0 Å². The highest BCUT2D eigenvalue weighted by atomic mass is 16.4. The zero-order valence-electron chi connectivity index (χ0n) is 20.6. The number of likely N-dealkylation sites (N-methyl/N-ethyl adjacent to an activating group) is 1. The Labute approximate surface area is 192 Å². The van der Waals surface area contributed by atoms with Gasteiger partial charge in [0.2, 0.25) is 0 Å². The molecule has 1 heterocycles. The molecule has 1 rings (SSSR count). The molecule has 0 unspecified atom stereocenters. The van der Waals surface area contributed by atoms with E-state index in [4.69, 9.17) is 0 Å². The Morgan fingerprint density at radius 1 is 0.812 bits per heavy atom. The summed E-state index contributed by atoms with van der Waals surface area (Å²) in [4.78, 5) is 50.2. The minimum Gasteiger partial charge on any atom is -0.480 e. The standard InChI is InChI=1S/C18H31N3O7.2C2H6/c1-14(22)5-3-4-6-18(19(2)9-15(23)24)12-20(10-16(25)26)7-8-21(13-18)11-17(27)28;2*1-2/h3-13H2,1-2H3,(H,23,24)(H,25,26)(H,27,28);2*1-2H3. The Morgan fingerprint density at radius 2 is 1.25 bits per heavy atom. The van der Waals surface area contributed by atoms with Crippen LogP contribution in [0.15, 0.2) is 0 Å². The van der Waals surface area contributed by atoms with Crippen LogP contribution in [0.4, 0.5) is 0 Å². The molecule has 1 saturated heterocycles. The molecule has 0 saturated carbocycles. The number of carbonyl (C=O) groups excluding carboxylic acids is 1. The van der Waals surface area contributed by atoms with E-state index in [0.29, 0.717) is 51.9 Å². The Kier molecular flexibility index (Phi) is 17.6. The van der Waals surface area contributed by atoms with Gasteiger partial charge < -0.3 is 20.1 Å². The SMILES string of the molecule is CC.CC.CC(=O)CCCCC1(N(C)CC(=O)O)CN(CC(=O)O)CCN(CC(=O)O)C1. The second-order valence-corrected chi connectivity index (χ2v) is 7.59. The van der Waals surface area contributed by atoms with Gasteiger partial charge in [0.05, 0.1) is 19.6 Å². The molecule has 32 heavy (non-hydrogen) atoms. The van der Waals surface area contributed by atoms with Crippen molar-refractivity contribution in [1.29, 1.82) is 0 Å². The van der Waals surface area contributed by atoms with Gasteiger partial charge in [-0.2, -0.15) is 0 Å². The Bertz CT molecular complexity index is 558. The lowest BCUT2D eigenvalue weighted by atomic mass is 9.88. The maximum absolute atomic E-state index is 11.3. The van der Waals surface area contributed by atoms with Gasteiger partial charge in [-0.3, -0.25) is 29.1 Å². The van der Waals surface area contributed by atoms with E-state index in [1.807, 2.05) is 27.7 Å². The van der Waals surface area contributed by atoms with Crippen molar-refractivity contribution < 1.29 is 34.5 Å². The normalized spacial score (nSPS) is 16.1. The number of carboxylic acid groups (broad SMARTS) is 3. The van der Waals surface area contributed by atoms with Crippen LogP contribution in [0.2, 0.25) is 0 Å². The summed E-state index contributed by atoms with van der Waals surface area (Å²) in [6.07, 6.45) is 2.27. The molecule has 1 fully saturated rings. The number of hydrogen-bond acceptors (Lipinski definition) is 7. The van der Waals surface area contributed by atoms with Crippen LogP contribution >= 0.6 is 0 Å². The van der Waals surface area contributed by atoms with Crippen molar-refractivity contribution in [1.82, 2.24) is 14.7 Å². The highest BCUT2D eigenvalue weighted by Crippen LogP contribution is 2.27. The number of unbranched alkanes of at least 4 members (excludes halogenated alkanes) is 1. The van der Waals surface area contributed by atoms with Crippen molar-refractivity contribution in [3.05, 3.63) is 0 Å². The second-order valence-electron chi connectivity index (χ2n) is 7.59. The van der Waals surface area contributed by atoms with Crippen LogP contribution in [0.25, 0.3) is 0 Å². The minimum atomic E-state index is -1.01. The average molecular weight is 462 g/mol. The average Bonchev–Trinajstić information content (AvgIpc) is 2.87. The van der Waals surface area contributed by atoms with E-state index in [1.54, 1.807) is 21.7 Å². The van der Waals surface area contributed by atoms with Gasteiger partial charge in [-0.15, -0.1) is 0 Å². The molecule has 0 aromatic rings. The maximum Gasteiger partial charge on any atom is 0.317 e. The molecule has 3 N–H and O–H groups in total. The quantitative estimate of drug-likeness (QED) is 0.368. The molecule has 1 aliphatic rings. The highest BCUT2D eigenvalue weighted by Gasteiger charge is 2.41. The molecule has 0 spiro atoms. The molecule has 10 nitrogen and oxygen atoms in total. The van der Waals surface area contributed by atoms with Crippen LogP contribution in [0.5, 0.6) is 0 Å². The molecule has 188 valence electrons. The Morgan fingerprint density at radius 3 is 1.59 bits per heavy atom. The van der Waals surface area contributed by atoms with Crippen molar-refractivity contribution in [2.45, 2.75) is 65.8 Å². The number of nitrogens with zero attached hydrogens (tertiary/aromatic N) is 3. The molecule has 0 radical (unpaired) electrons. The lowest BCUT2D eigenvalue weighted by Gasteiger charge is -2.44. The molecular formula is C22H43N3O7. The second kappa shape index (κ2) is 17.5. The van der Waals surface area contributed by atoms with Gasteiger partial charge in [0.15, 0.2) is 0 Å². The number of ketones is 1. The van der Waals surface area contributed by atoms with Crippen LogP contribution in [0.1, 0.15) is 60.3 Å². The fraction of sp³-hybridized carbons (Fsp3) is 0.818. The summed E-state index contributed by atoms with van der Waals surface area (Å²) in [5.74, 6) is -2.91. The first-order valence-electron chi connectivity index (χ1n) is 11.3. The summed E-state index contributed by atoms with van der Waals surface area (Å²) in [5, 5.41) is 27.7. The lowest BCUT2D eigenvalue weighted by molar-refractivity contribution is -0.142. The molecule has 0 aromatic heterocycles. The first kappa shape index (κ1) is 32.1. The van der Waals surface area contributed by atoms with E-state index in [1.165, 1.54) is 6.92 Å². The summed E-state index contributed by atoms with van der Waals surface area (Å²) in [7, 11) is 1.67. The maximum atomic E-state index is 11.3. The van der Waals surface area contributed by atoms with Crippen LogP contribution in [0.3, 0.4) is 0 Å². The van der Waals surface area contributed by atoms with Gasteiger partial charge >= 0.3 is 17.9 Å². The topological polar surface area (TPSA) is 139 Å². The summed E-state index contributed by atoms with van der Waals surface area (Å²) in [6.45, 7) is 10.3. The van der Waals surface area contributed by atoms with E-state index in [2.05, 4.69) is 0 Å². The predicted octanol–water partition coefficient (Wildman–Crippen LogP) is 1.73. The fourth-order valence-electron chi connectivity index (χ4n) is 3.76. The van der Waals surface area contributed by atoms with Crippen LogP contribution in [-0.2, 0) is 19.2 Å². The number of hydrogen-bond donors (Lipinski definition) is 3. The van der Waals surface area contributed by atoms with Gasteiger partial charge in [0.25, 0.3) is 0 Å². The van der Waals surface area contributed by atoms with Crippen molar-refractivity contribution >= 4 is 23.7 Å². The number of rotatable bonds is 12. The fourth-order valence-corrected chi connectivity index (χ4v) is 3.76. The lowest BCUT2D eigenvalue weighted by Crippen LogP contribution is -2.59. The van der Waals surface area contributed by atoms with Crippen LogP contribution < -0.4 is 0 Å². The Balaban J connectivity index is 0. The molecular weight excluding hydrogens is 418 g/mol. The zero-order chi connectivity index (χ0) is 25.3. The summed E-state index contributed by atoms with van der Waals surface area (Å²) in [6, 6.07) is 0. The molecule has 0 atom stereocenters. The summed E-state index contributed by atoms with van der Waals surface area (Å²) < 4.78 is 0. The highest BCUT2D eigenvalue weighted by molar-refractivity contribution is 5.75. The van der Waals surface area contributed by atoms with Crippen molar-refractivity contribution in [2.75, 3.05) is 52.9 Å². The summed E-state index contributed by atoms with van der Waals surface area (Å²) >= 11 is 0. The van der Waals surface area contributed by atoms with E-state index < -0.39 is 23.4 Å². The Hall–Kier alpha value is -2.04. The van der Waals surface area contributed by atoms with Gasteiger partial charge in [0, 0.05) is 38.1 Å². The molecule has 0 bridgehead atoms. The molecule has 0 aliphatic carbocycles. The largest absolute Gasteiger partial charge is 0.480 e.